The smallest absolute Gasteiger partial charge is 0.307 e. The minimum atomic E-state index is -0.678. The maximum atomic E-state index is 12.1. The van der Waals surface area contributed by atoms with E-state index in [1.807, 2.05) is 17.0 Å². The standard InChI is InChI=1S/C15H19NO4/c17-13(4-3-11-2-1-9-20-11)16-7-5-15(6-8-16)10-12(15)14(18)19/h1-2,9,12H,3-8,10H2,(H,18,19). The number of carboxylic acid groups (broad SMARTS) is 1. The van der Waals surface area contributed by atoms with Crippen LogP contribution < -0.4 is 0 Å². The van der Waals surface area contributed by atoms with Gasteiger partial charge in [-0.15, -0.1) is 0 Å². The number of aliphatic carboxylic acids is 1. The van der Waals surface area contributed by atoms with Gasteiger partial charge in [-0.2, -0.15) is 0 Å². The van der Waals surface area contributed by atoms with Gasteiger partial charge in [0.25, 0.3) is 0 Å². The Bertz CT molecular complexity index is 500. The number of likely N-dealkylation sites (tertiary alicyclic amines) is 1. The zero-order chi connectivity index (χ0) is 14.2. The van der Waals surface area contributed by atoms with Crippen molar-refractivity contribution in [3.63, 3.8) is 0 Å². The Morgan fingerprint density at radius 3 is 2.70 bits per heavy atom. The lowest BCUT2D eigenvalue weighted by Crippen LogP contribution is -2.40. The molecular weight excluding hydrogens is 258 g/mol. The number of piperidine rings is 1. The topological polar surface area (TPSA) is 70.8 Å². The van der Waals surface area contributed by atoms with E-state index in [1.165, 1.54) is 0 Å². The number of aryl methyl sites for hydroxylation is 1. The van der Waals surface area contributed by atoms with Gasteiger partial charge in [0.1, 0.15) is 5.76 Å². The molecule has 2 aliphatic rings. The third-order valence-electron chi connectivity index (χ3n) is 4.77. The summed E-state index contributed by atoms with van der Waals surface area (Å²) in [6.45, 7) is 1.39. The summed E-state index contributed by atoms with van der Waals surface area (Å²) in [5.74, 6) is 0.120. The summed E-state index contributed by atoms with van der Waals surface area (Å²) in [6.07, 6.45) is 5.15. The fourth-order valence-corrected chi connectivity index (χ4v) is 3.29. The van der Waals surface area contributed by atoms with Crippen LogP contribution in [0.1, 0.15) is 31.4 Å². The summed E-state index contributed by atoms with van der Waals surface area (Å²) in [5.41, 5.74) is -0.0103. The first kappa shape index (κ1) is 13.2. The Hall–Kier alpha value is -1.78. The largest absolute Gasteiger partial charge is 0.481 e. The van der Waals surface area contributed by atoms with Crippen LogP contribution in [0, 0.1) is 11.3 Å². The summed E-state index contributed by atoms with van der Waals surface area (Å²) in [6, 6.07) is 3.70. The number of rotatable bonds is 4. The highest BCUT2D eigenvalue weighted by Gasteiger charge is 2.59. The fraction of sp³-hybridized carbons (Fsp3) is 0.600. The van der Waals surface area contributed by atoms with Crippen LogP contribution in [0.2, 0.25) is 0 Å². The van der Waals surface area contributed by atoms with Crippen molar-refractivity contribution in [1.29, 1.82) is 0 Å². The van der Waals surface area contributed by atoms with Gasteiger partial charge < -0.3 is 14.4 Å². The molecule has 1 amide bonds. The summed E-state index contributed by atoms with van der Waals surface area (Å²) in [7, 11) is 0. The minimum absolute atomic E-state index is 0.0103. The van der Waals surface area contributed by atoms with Crippen molar-refractivity contribution >= 4 is 11.9 Å². The Morgan fingerprint density at radius 1 is 1.40 bits per heavy atom. The van der Waals surface area contributed by atoms with Crippen LogP contribution in [0.25, 0.3) is 0 Å². The van der Waals surface area contributed by atoms with Crippen molar-refractivity contribution in [2.45, 2.75) is 32.1 Å². The summed E-state index contributed by atoms with van der Waals surface area (Å²) < 4.78 is 5.22. The van der Waals surface area contributed by atoms with Gasteiger partial charge in [-0.3, -0.25) is 9.59 Å². The van der Waals surface area contributed by atoms with Crippen LogP contribution in [0.4, 0.5) is 0 Å². The fourth-order valence-electron chi connectivity index (χ4n) is 3.29. The monoisotopic (exact) mass is 277 g/mol. The molecule has 1 aliphatic heterocycles. The van der Waals surface area contributed by atoms with Crippen molar-refractivity contribution in [3.8, 4) is 0 Å². The molecule has 1 saturated carbocycles. The lowest BCUT2D eigenvalue weighted by molar-refractivity contribution is -0.139. The second kappa shape index (κ2) is 4.96. The second-order valence-corrected chi connectivity index (χ2v) is 5.92. The SMILES string of the molecule is O=C(O)C1CC12CCN(C(=O)CCc1ccco1)CC2. The van der Waals surface area contributed by atoms with Crippen molar-refractivity contribution in [3.05, 3.63) is 24.2 Å². The van der Waals surface area contributed by atoms with E-state index in [2.05, 4.69) is 0 Å². The maximum Gasteiger partial charge on any atom is 0.307 e. The summed E-state index contributed by atoms with van der Waals surface area (Å²) in [4.78, 5) is 25.0. The van der Waals surface area contributed by atoms with E-state index in [1.54, 1.807) is 6.26 Å². The summed E-state index contributed by atoms with van der Waals surface area (Å²) in [5, 5.41) is 9.04. The molecule has 2 fully saturated rings. The zero-order valence-electron chi connectivity index (χ0n) is 11.4. The van der Waals surface area contributed by atoms with Crippen molar-refractivity contribution in [2.24, 2.45) is 11.3 Å². The molecule has 0 radical (unpaired) electrons. The highest BCUT2D eigenvalue weighted by atomic mass is 16.4. The molecule has 1 saturated heterocycles. The molecule has 1 N–H and O–H groups in total. The Balaban J connectivity index is 1.46. The lowest BCUT2D eigenvalue weighted by Gasteiger charge is -2.32. The maximum absolute atomic E-state index is 12.1. The zero-order valence-corrected chi connectivity index (χ0v) is 11.4. The normalized spacial score (nSPS) is 23.8. The van der Waals surface area contributed by atoms with Gasteiger partial charge in [-0.25, -0.2) is 0 Å². The molecule has 0 bridgehead atoms. The first-order valence-corrected chi connectivity index (χ1v) is 7.14. The van der Waals surface area contributed by atoms with E-state index in [-0.39, 0.29) is 17.2 Å². The quantitative estimate of drug-likeness (QED) is 0.912. The first-order valence-electron chi connectivity index (χ1n) is 7.14. The van der Waals surface area contributed by atoms with Gasteiger partial charge in [-0.1, -0.05) is 0 Å². The third-order valence-corrected chi connectivity index (χ3v) is 4.77. The Labute approximate surface area is 117 Å². The Morgan fingerprint density at radius 2 is 2.15 bits per heavy atom. The third kappa shape index (κ3) is 2.44. The molecule has 5 heteroatoms. The number of nitrogens with zero attached hydrogens (tertiary/aromatic N) is 1. The molecule has 1 aliphatic carbocycles. The van der Waals surface area contributed by atoms with E-state index in [4.69, 9.17) is 9.52 Å². The van der Waals surface area contributed by atoms with E-state index in [0.717, 1.165) is 25.0 Å². The van der Waals surface area contributed by atoms with Gasteiger partial charge in [0, 0.05) is 25.9 Å². The molecule has 2 heterocycles. The van der Waals surface area contributed by atoms with Gasteiger partial charge in [-0.05, 0) is 36.8 Å². The number of amides is 1. The van der Waals surface area contributed by atoms with Crippen LogP contribution in [0.15, 0.2) is 22.8 Å². The molecule has 1 aromatic heterocycles. The van der Waals surface area contributed by atoms with E-state index >= 15 is 0 Å². The minimum Gasteiger partial charge on any atom is -0.481 e. The van der Waals surface area contributed by atoms with Gasteiger partial charge >= 0.3 is 5.97 Å². The molecule has 1 unspecified atom stereocenters. The van der Waals surface area contributed by atoms with Gasteiger partial charge in [0.2, 0.25) is 5.91 Å². The average Bonchev–Trinajstić information content (AvgIpc) is 2.90. The van der Waals surface area contributed by atoms with Crippen LogP contribution in [0.3, 0.4) is 0 Å². The lowest BCUT2D eigenvalue weighted by atomic mass is 9.90. The number of carboxylic acids is 1. The van der Waals surface area contributed by atoms with Gasteiger partial charge in [0.15, 0.2) is 0 Å². The van der Waals surface area contributed by atoms with Crippen LogP contribution in [-0.2, 0) is 16.0 Å². The molecule has 108 valence electrons. The number of hydrogen-bond donors (Lipinski definition) is 1. The van der Waals surface area contributed by atoms with Crippen LogP contribution in [-0.4, -0.2) is 35.0 Å². The van der Waals surface area contributed by atoms with Crippen molar-refractivity contribution < 1.29 is 19.1 Å². The van der Waals surface area contributed by atoms with Crippen molar-refractivity contribution in [1.82, 2.24) is 4.90 Å². The Kier molecular flexibility index (Phi) is 3.28. The number of carbonyl (C=O) groups excluding carboxylic acids is 1. The van der Waals surface area contributed by atoms with Crippen molar-refractivity contribution in [2.75, 3.05) is 13.1 Å². The van der Waals surface area contributed by atoms with E-state index in [0.29, 0.717) is 25.9 Å². The predicted molar refractivity (Wildman–Crippen MR) is 71.0 cm³/mol. The number of carbonyl (C=O) groups is 2. The highest BCUT2D eigenvalue weighted by Crippen LogP contribution is 2.59. The molecule has 5 nitrogen and oxygen atoms in total. The number of hydrogen-bond acceptors (Lipinski definition) is 3. The van der Waals surface area contributed by atoms with E-state index in [9.17, 15) is 9.59 Å². The molecule has 1 atom stereocenters. The molecule has 1 aromatic rings. The first-order chi connectivity index (χ1) is 9.61. The predicted octanol–water partition coefficient (Wildman–Crippen LogP) is 1.93. The highest BCUT2D eigenvalue weighted by molar-refractivity contribution is 5.77. The molecule has 0 aromatic carbocycles. The summed E-state index contributed by atoms with van der Waals surface area (Å²) >= 11 is 0. The molecule has 1 spiro atoms. The van der Waals surface area contributed by atoms with E-state index < -0.39 is 5.97 Å². The van der Waals surface area contributed by atoms with Crippen LogP contribution in [0.5, 0.6) is 0 Å². The molecule has 20 heavy (non-hydrogen) atoms. The molecular formula is C15H19NO4. The van der Waals surface area contributed by atoms with Crippen LogP contribution >= 0.6 is 0 Å². The number of furan rings is 1. The average molecular weight is 277 g/mol. The second-order valence-electron chi connectivity index (χ2n) is 5.92. The molecule has 3 rings (SSSR count). The van der Waals surface area contributed by atoms with Gasteiger partial charge in [0.05, 0.1) is 12.2 Å².